The van der Waals surface area contributed by atoms with Crippen LogP contribution in [-0.4, -0.2) is 51.2 Å². The summed E-state index contributed by atoms with van der Waals surface area (Å²) in [5.41, 5.74) is 7.49. The lowest BCUT2D eigenvalue weighted by Gasteiger charge is -2.27. The molecule has 0 bridgehead atoms. The van der Waals surface area contributed by atoms with Crippen molar-refractivity contribution in [3.05, 3.63) is 64.6 Å². The van der Waals surface area contributed by atoms with Crippen LogP contribution in [0.4, 0.5) is 19.7 Å². The quantitative estimate of drug-likeness (QED) is 0.403. The molecule has 9 nitrogen and oxygen atoms in total. The summed E-state index contributed by atoms with van der Waals surface area (Å²) < 4.78 is 15.4. The van der Waals surface area contributed by atoms with Crippen LogP contribution in [0.3, 0.4) is 0 Å². The average molecular weight is 514 g/mol. The maximum Gasteiger partial charge on any atom is 0.323 e. The number of benzene rings is 2. The fourth-order valence-corrected chi connectivity index (χ4v) is 5.18. The van der Waals surface area contributed by atoms with Gasteiger partial charge in [-0.1, -0.05) is 35.9 Å². The molecule has 4 amide bonds. The number of halogens is 2. The molecule has 36 heavy (non-hydrogen) atoms. The molecular formula is C25H25ClFN5O4. The molecule has 188 valence electrons. The van der Waals surface area contributed by atoms with E-state index in [-0.39, 0.29) is 41.6 Å². The van der Waals surface area contributed by atoms with Crippen molar-refractivity contribution in [2.75, 3.05) is 11.9 Å². The summed E-state index contributed by atoms with van der Waals surface area (Å²) in [6, 6.07) is 7.95. The van der Waals surface area contributed by atoms with E-state index in [1.807, 2.05) is 0 Å². The number of urea groups is 1. The van der Waals surface area contributed by atoms with Crippen LogP contribution >= 0.6 is 11.6 Å². The highest BCUT2D eigenvalue weighted by Gasteiger charge is 2.56. The van der Waals surface area contributed by atoms with Crippen LogP contribution in [-0.2, 0) is 17.8 Å². The fraction of sp³-hybridized carbons (Fsp3) is 0.320. The zero-order valence-corrected chi connectivity index (χ0v) is 20.0. The smallest absolute Gasteiger partial charge is 0.323 e. The molecule has 5 N–H and O–H groups in total. The van der Waals surface area contributed by atoms with Crippen molar-refractivity contribution in [2.24, 2.45) is 11.7 Å². The first-order valence-electron chi connectivity index (χ1n) is 11.6. The monoisotopic (exact) mass is 513 g/mol. The molecule has 1 aliphatic heterocycles. The van der Waals surface area contributed by atoms with Gasteiger partial charge in [0.2, 0.25) is 5.91 Å². The highest BCUT2D eigenvalue weighted by molar-refractivity contribution is 6.30. The van der Waals surface area contributed by atoms with Crippen molar-refractivity contribution < 1.29 is 23.9 Å². The number of aliphatic hydroxyl groups excluding tert-OH is 1. The van der Waals surface area contributed by atoms with E-state index in [1.165, 1.54) is 21.7 Å². The number of piperidine rings is 1. The van der Waals surface area contributed by atoms with E-state index in [4.69, 9.17) is 17.3 Å². The van der Waals surface area contributed by atoms with Gasteiger partial charge in [0.1, 0.15) is 11.9 Å². The van der Waals surface area contributed by atoms with Gasteiger partial charge >= 0.3 is 12.1 Å². The van der Waals surface area contributed by atoms with Gasteiger partial charge in [-0.25, -0.2) is 14.0 Å². The Morgan fingerprint density at radius 3 is 2.75 bits per heavy atom. The maximum absolute atomic E-state index is 14.2. The lowest BCUT2D eigenvalue weighted by atomic mass is 10.1. The van der Waals surface area contributed by atoms with Crippen molar-refractivity contribution >= 4 is 46.2 Å². The molecule has 1 aliphatic carbocycles. The van der Waals surface area contributed by atoms with E-state index in [1.54, 1.807) is 30.3 Å². The number of carbonyl (C=O) groups is 3. The Bertz CT molecular complexity index is 1380. The molecule has 3 atom stereocenters. The van der Waals surface area contributed by atoms with Crippen LogP contribution < -0.4 is 16.4 Å². The predicted molar refractivity (Wildman–Crippen MR) is 132 cm³/mol. The third-order valence-electron chi connectivity index (χ3n) is 6.88. The van der Waals surface area contributed by atoms with Gasteiger partial charge in [-0.05, 0) is 42.9 Å². The molecule has 2 aromatic carbocycles. The summed E-state index contributed by atoms with van der Waals surface area (Å²) in [7, 11) is 0. The SMILES string of the molecule is NC(=O)n1cc(NC(=O)N2[C@@H]3C[C@@H]3C[C@H]2C(=O)NCc2cccc(Cl)c2F)c2ccc(CCO)cc21. The maximum atomic E-state index is 14.2. The minimum Gasteiger partial charge on any atom is -0.396 e. The lowest BCUT2D eigenvalue weighted by Crippen LogP contribution is -2.49. The number of anilines is 1. The highest BCUT2D eigenvalue weighted by Crippen LogP contribution is 2.48. The fourth-order valence-electron chi connectivity index (χ4n) is 4.99. The van der Waals surface area contributed by atoms with E-state index in [9.17, 15) is 23.9 Å². The zero-order valence-electron chi connectivity index (χ0n) is 19.2. The molecule has 2 heterocycles. The molecule has 1 saturated carbocycles. The summed E-state index contributed by atoms with van der Waals surface area (Å²) >= 11 is 5.82. The minimum atomic E-state index is -0.712. The van der Waals surface area contributed by atoms with E-state index < -0.39 is 23.9 Å². The predicted octanol–water partition coefficient (Wildman–Crippen LogP) is 3.21. The first-order valence-corrected chi connectivity index (χ1v) is 12.0. The Kier molecular flexibility index (Phi) is 6.31. The van der Waals surface area contributed by atoms with Gasteiger partial charge in [-0.2, -0.15) is 0 Å². The number of amides is 4. The van der Waals surface area contributed by atoms with Gasteiger partial charge in [0.25, 0.3) is 0 Å². The molecule has 2 aliphatic rings. The van der Waals surface area contributed by atoms with Crippen molar-refractivity contribution in [3.8, 4) is 0 Å². The molecular weight excluding hydrogens is 489 g/mol. The van der Waals surface area contributed by atoms with Crippen LogP contribution in [0.2, 0.25) is 5.02 Å². The number of fused-ring (bicyclic) bond motifs is 2. The Morgan fingerprint density at radius 1 is 1.19 bits per heavy atom. The van der Waals surface area contributed by atoms with Gasteiger partial charge in [-0.15, -0.1) is 0 Å². The molecule has 0 spiro atoms. The van der Waals surface area contributed by atoms with Gasteiger partial charge in [-0.3, -0.25) is 9.36 Å². The molecule has 11 heteroatoms. The van der Waals surface area contributed by atoms with Crippen LogP contribution in [0.5, 0.6) is 0 Å². The van der Waals surface area contributed by atoms with Crippen molar-refractivity contribution in [2.45, 2.75) is 37.9 Å². The Morgan fingerprint density at radius 2 is 2.00 bits per heavy atom. The zero-order chi connectivity index (χ0) is 25.6. The molecule has 0 radical (unpaired) electrons. The Balaban J connectivity index is 1.34. The number of hydrogen-bond acceptors (Lipinski definition) is 4. The Labute approximate surface area is 211 Å². The molecule has 0 unspecified atom stereocenters. The number of likely N-dealkylation sites (tertiary alicyclic amines) is 1. The second-order valence-electron chi connectivity index (χ2n) is 9.16. The van der Waals surface area contributed by atoms with Crippen LogP contribution in [0.15, 0.2) is 42.6 Å². The van der Waals surface area contributed by atoms with Crippen LogP contribution in [0.25, 0.3) is 10.9 Å². The topological polar surface area (TPSA) is 130 Å². The summed E-state index contributed by atoms with van der Waals surface area (Å²) in [5, 5.41) is 15.4. The molecule has 5 rings (SSSR count). The highest BCUT2D eigenvalue weighted by atomic mass is 35.5. The van der Waals surface area contributed by atoms with Gasteiger partial charge < -0.3 is 26.4 Å². The standard InChI is InChI=1S/C25H25ClFN5O4/c26-17-3-1-2-14(22(17)27)11-29-23(34)21-10-15-9-19(15)32(21)25(36)30-18-12-31(24(28)35)20-8-13(6-7-33)4-5-16(18)20/h1-5,8,12,15,19,21,33H,6-7,9-11H2,(H2,28,35)(H,29,34)(H,30,36)/t15-,19-,21+/m1/s1. The number of nitrogens with two attached hydrogens (primary N) is 1. The summed E-state index contributed by atoms with van der Waals surface area (Å²) in [5.74, 6) is -0.719. The third kappa shape index (κ3) is 4.38. The number of aromatic nitrogens is 1. The van der Waals surface area contributed by atoms with Gasteiger partial charge in [0.15, 0.2) is 0 Å². The number of nitrogens with one attached hydrogen (secondary N) is 2. The number of primary amides is 1. The van der Waals surface area contributed by atoms with Gasteiger partial charge in [0, 0.05) is 36.3 Å². The first-order chi connectivity index (χ1) is 17.3. The van der Waals surface area contributed by atoms with Crippen LogP contribution in [0.1, 0.15) is 24.0 Å². The lowest BCUT2D eigenvalue weighted by molar-refractivity contribution is -0.125. The number of hydrogen-bond donors (Lipinski definition) is 4. The first kappa shape index (κ1) is 24.1. The van der Waals surface area contributed by atoms with E-state index in [2.05, 4.69) is 10.6 Å². The molecule has 3 aromatic rings. The normalized spacial score (nSPS) is 20.3. The van der Waals surface area contributed by atoms with Crippen molar-refractivity contribution in [1.29, 1.82) is 0 Å². The second-order valence-corrected chi connectivity index (χ2v) is 9.57. The molecule has 1 aromatic heterocycles. The number of carbonyl (C=O) groups excluding carboxylic acids is 3. The average Bonchev–Trinajstić information content (AvgIpc) is 3.36. The van der Waals surface area contributed by atoms with Crippen molar-refractivity contribution in [3.63, 3.8) is 0 Å². The minimum absolute atomic E-state index is 0.0246. The number of nitrogens with zero attached hydrogens (tertiary/aromatic N) is 2. The third-order valence-corrected chi connectivity index (χ3v) is 7.17. The largest absolute Gasteiger partial charge is 0.396 e. The van der Waals surface area contributed by atoms with E-state index in [0.29, 0.717) is 29.4 Å². The second kappa shape index (κ2) is 9.44. The summed E-state index contributed by atoms with van der Waals surface area (Å²) in [6.07, 6.45) is 3.20. The number of rotatable bonds is 6. The van der Waals surface area contributed by atoms with Crippen LogP contribution in [0, 0.1) is 11.7 Å². The van der Waals surface area contributed by atoms with Crippen molar-refractivity contribution in [1.82, 2.24) is 14.8 Å². The summed E-state index contributed by atoms with van der Waals surface area (Å²) in [6.45, 7) is -0.0912. The number of aliphatic hydroxyl groups is 1. The van der Waals surface area contributed by atoms with E-state index in [0.717, 1.165) is 12.0 Å². The molecule has 2 fully saturated rings. The van der Waals surface area contributed by atoms with E-state index >= 15 is 0 Å². The molecule has 1 saturated heterocycles. The van der Waals surface area contributed by atoms with Gasteiger partial charge in [0.05, 0.1) is 16.2 Å². The summed E-state index contributed by atoms with van der Waals surface area (Å²) in [4.78, 5) is 39.8. The Hall–Kier alpha value is -3.63.